The van der Waals surface area contributed by atoms with E-state index in [0.29, 0.717) is 35.4 Å². The molecule has 0 unspecified atom stereocenters. The fourth-order valence-electron chi connectivity index (χ4n) is 2.86. The first-order valence-corrected chi connectivity index (χ1v) is 8.69. The van der Waals surface area contributed by atoms with Crippen LogP contribution in [0.4, 0.5) is 5.69 Å². The molecule has 0 atom stereocenters. The zero-order chi connectivity index (χ0) is 21.0. The van der Waals surface area contributed by atoms with Crippen molar-refractivity contribution in [1.29, 1.82) is 5.41 Å². The van der Waals surface area contributed by atoms with E-state index in [9.17, 15) is 14.9 Å². The number of rotatable bonds is 7. The van der Waals surface area contributed by atoms with Gasteiger partial charge < -0.3 is 19.2 Å². The van der Waals surface area contributed by atoms with Gasteiger partial charge in [0.1, 0.15) is 11.1 Å². The van der Waals surface area contributed by atoms with Crippen molar-refractivity contribution in [2.24, 2.45) is 0 Å². The van der Waals surface area contributed by atoms with Crippen molar-refractivity contribution in [3.8, 4) is 11.5 Å². The molecular weight excluding hydrogens is 378 g/mol. The van der Waals surface area contributed by atoms with Crippen LogP contribution in [0.1, 0.15) is 15.9 Å². The predicted molar refractivity (Wildman–Crippen MR) is 104 cm³/mol. The number of non-ortho nitro benzene ring substituents is 1. The van der Waals surface area contributed by atoms with Gasteiger partial charge in [-0.05, 0) is 36.2 Å². The zero-order valence-corrected chi connectivity index (χ0v) is 15.9. The normalized spacial score (nSPS) is 10.6. The van der Waals surface area contributed by atoms with Crippen molar-refractivity contribution in [3.63, 3.8) is 0 Å². The SMILES string of the molecule is COc1ccc(CCNC(=O)c2cc3cc([N+](=O)[O-])ccc3oc2=N)cc1OC. The lowest BCUT2D eigenvalue weighted by molar-refractivity contribution is -0.384. The first-order valence-electron chi connectivity index (χ1n) is 8.69. The number of nitro benzene ring substituents is 1. The van der Waals surface area contributed by atoms with Crippen molar-refractivity contribution in [3.05, 3.63) is 69.3 Å². The Kier molecular flexibility index (Phi) is 5.77. The first-order chi connectivity index (χ1) is 13.9. The molecule has 0 aliphatic carbocycles. The summed E-state index contributed by atoms with van der Waals surface area (Å²) in [5.74, 6) is 0.721. The summed E-state index contributed by atoms with van der Waals surface area (Å²) in [4.78, 5) is 22.9. The number of amides is 1. The summed E-state index contributed by atoms with van der Waals surface area (Å²) in [6, 6.07) is 10.9. The van der Waals surface area contributed by atoms with E-state index in [0.717, 1.165) is 5.56 Å². The number of ether oxygens (including phenoxy) is 2. The van der Waals surface area contributed by atoms with Crippen LogP contribution in [0.15, 0.2) is 46.9 Å². The summed E-state index contributed by atoms with van der Waals surface area (Å²) in [6.07, 6.45) is 0.537. The van der Waals surface area contributed by atoms with E-state index in [1.54, 1.807) is 20.3 Å². The lowest BCUT2D eigenvalue weighted by atomic mass is 10.1. The Morgan fingerprint density at radius 1 is 1.14 bits per heavy atom. The maximum absolute atomic E-state index is 12.5. The van der Waals surface area contributed by atoms with Gasteiger partial charge in [0.2, 0.25) is 5.55 Å². The Morgan fingerprint density at radius 2 is 1.90 bits per heavy atom. The molecule has 0 bridgehead atoms. The molecule has 0 aliphatic rings. The van der Waals surface area contributed by atoms with Crippen molar-refractivity contribution in [2.75, 3.05) is 20.8 Å². The summed E-state index contributed by atoms with van der Waals surface area (Å²) in [7, 11) is 3.10. The number of hydrogen-bond acceptors (Lipinski definition) is 7. The van der Waals surface area contributed by atoms with Gasteiger partial charge in [-0.3, -0.25) is 20.3 Å². The van der Waals surface area contributed by atoms with Gasteiger partial charge in [-0.1, -0.05) is 6.07 Å². The summed E-state index contributed by atoms with van der Waals surface area (Å²) >= 11 is 0. The van der Waals surface area contributed by atoms with Gasteiger partial charge in [0.05, 0.1) is 19.1 Å². The maximum Gasteiger partial charge on any atom is 0.270 e. The molecule has 0 saturated carbocycles. The molecule has 1 amide bonds. The van der Waals surface area contributed by atoms with Crippen molar-refractivity contribution < 1.29 is 23.6 Å². The van der Waals surface area contributed by atoms with E-state index >= 15 is 0 Å². The van der Waals surface area contributed by atoms with Gasteiger partial charge >= 0.3 is 0 Å². The zero-order valence-electron chi connectivity index (χ0n) is 15.9. The van der Waals surface area contributed by atoms with E-state index in [-0.39, 0.29) is 16.8 Å². The summed E-state index contributed by atoms with van der Waals surface area (Å²) in [5, 5.41) is 22.0. The molecule has 3 rings (SSSR count). The van der Waals surface area contributed by atoms with Crippen LogP contribution in [0.3, 0.4) is 0 Å². The number of benzene rings is 2. The molecule has 0 aliphatic heterocycles. The number of carbonyl (C=O) groups is 1. The number of nitro groups is 1. The molecule has 0 radical (unpaired) electrons. The molecule has 0 spiro atoms. The topological polar surface area (TPSA) is 128 Å². The first kappa shape index (κ1) is 19.9. The van der Waals surface area contributed by atoms with Crippen LogP contribution >= 0.6 is 0 Å². The molecule has 9 nitrogen and oxygen atoms in total. The average molecular weight is 397 g/mol. The number of nitrogens with one attached hydrogen (secondary N) is 2. The summed E-state index contributed by atoms with van der Waals surface area (Å²) < 4.78 is 15.8. The van der Waals surface area contributed by atoms with Crippen LogP contribution in [-0.2, 0) is 6.42 Å². The Labute approximate surface area is 165 Å². The average Bonchev–Trinajstić information content (AvgIpc) is 2.72. The van der Waals surface area contributed by atoms with Gasteiger partial charge in [-0.2, -0.15) is 0 Å². The van der Waals surface area contributed by atoms with Gasteiger partial charge in [0.15, 0.2) is 11.5 Å². The fraction of sp³-hybridized carbons (Fsp3) is 0.200. The van der Waals surface area contributed by atoms with Crippen LogP contribution in [0.5, 0.6) is 11.5 Å². The van der Waals surface area contributed by atoms with E-state index in [1.807, 2.05) is 12.1 Å². The maximum atomic E-state index is 12.5. The van der Waals surface area contributed by atoms with Crippen LogP contribution in [0, 0.1) is 15.5 Å². The van der Waals surface area contributed by atoms with E-state index in [2.05, 4.69) is 5.32 Å². The number of carbonyl (C=O) groups excluding carboxylic acids is 1. The van der Waals surface area contributed by atoms with E-state index < -0.39 is 10.8 Å². The van der Waals surface area contributed by atoms with Crippen molar-refractivity contribution in [1.82, 2.24) is 5.32 Å². The smallest absolute Gasteiger partial charge is 0.270 e. The van der Waals surface area contributed by atoms with E-state index in [1.165, 1.54) is 24.3 Å². The second-order valence-electron chi connectivity index (χ2n) is 6.16. The molecule has 0 fully saturated rings. The highest BCUT2D eigenvalue weighted by Gasteiger charge is 2.14. The molecular formula is C20H19N3O6. The molecule has 9 heteroatoms. The minimum absolute atomic E-state index is 0.00492. The van der Waals surface area contributed by atoms with Gasteiger partial charge in [0.25, 0.3) is 11.6 Å². The summed E-state index contributed by atoms with van der Waals surface area (Å²) in [6.45, 7) is 0.320. The quantitative estimate of drug-likeness (QED) is 0.466. The largest absolute Gasteiger partial charge is 0.493 e. The van der Waals surface area contributed by atoms with Gasteiger partial charge in [0, 0.05) is 24.1 Å². The number of methoxy groups -OCH3 is 2. The highest BCUT2D eigenvalue weighted by molar-refractivity contribution is 5.96. The van der Waals surface area contributed by atoms with E-state index in [4.69, 9.17) is 19.3 Å². The monoisotopic (exact) mass is 397 g/mol. The molecule has 1 heterocycles. The molecule has 2 aromatic carbocycles. The van der Waals surface area contributed by atoms with Gasteiger partial charge in [-0.25, -0.2) is 0 Å². The molecule has 150 valence electrons. The van der Waals surface area contributed by atoms with Crippen molar-refractivity contribution >= 4 is 22.6 Å². The molecule has 3 aromatic rings. The number of nitrogens with zero attached hydrogens (tertiary/aromatic N) is 1. The fourth-order valence-corrected chi connectivity index (χ4v) is 2.86. The molecule has 0 saturated heterocycles. The standard InChI is InChI=1S/C20H19N3O6/c1-27-17-5-3-12(9-18(17)28-2)7-8-22-20(24)15-11-13-10-14(23(25)26)4-6-16(13)29-19(15)21/h3-6,9-11,21H,7-8H2,1-2H3,(H,22,24). The minimum atomic E-state index is -0.531. The Bertz CT molecular complexity index is 1140. The molecule has 29 heavy (non-hydrogen) atoms. The molecule has 1 aromatic heterocycles. The molecule has 2 N–H and O–H groups in total. The number of hydrogen-bond donors (Lipinski definition) is 2. The van der Waals surface area contributed by atoms with Crippen LogP contribution in [-0.4, -0.2) is 31.6 Å². The third kappa shape index (κ3) is 4.34. The third-order valence-corrected chi connectivity index (χ3v) is 4.35. The second-order valence-corrected chi connectivity index (χ2v) is 6.16. The lowest BCUT2D eigenvalue weighted by Crippen LogP contribution is -2.30. The summed E-state index contributed by atoms with van der Waals surface area (Å²) in [5.41, 5.74) is 0.806. The number of fused-ring (bicyclic) bond motifs is 1. The third-order valence-electron chi connectivity index (χ3n) is 4.35. The Morgan fingerprint density at radius 3 is 2.59 bits per heavy atom. The minimum Gasteiger partial charge on any atom is -0.493 e. The highest BCUT2D eigenvalue weighted by Crippen LogP contribution is 2.27. The lowest BCUT2D eigenvalue weighted by Gasteiger charge is -2.10. The Hall–Kier alpha value is -3.88. The van der Waals surface area contributed by atoms with Gasteiger partial charge in [-0.15, -0.1) is 0 Å². The van der Waals surface area contributed by atoms with Crippen LogP contribution in [0.2, 0.25) is 0 Å². The second kappa shape index (κ2) is 8.42. The van der Waals surface area contributed by atoms with Crippen LogP contribution in [0.25, 0.3) is 11.0 Å². The highest BCUT2D eigenvalue weighted by atomic mass is 16.6. The predicted octanol–water partition coefficient (Wildman–Crippen LogP) is 2.81. The van der Waals surface area contributed by atoms with Crippen LogP contribution < -0.4 is 20.3 Å². The Balaban J connectivity index is 1.73. The van der Waals surface area contributed by atoms with Crippen molar-refractivity contribution in [2.45, 2.75) is 6.42 Å².